The molecule has 0 radical (unpaired) electrons. The number of carboxylic acid groups (broad SMARTS) is 2. The van der Waals surface area contributed by atoms with E-state index in [9.17, 15) is 28.8 Å². The zero-order valence-electron chi connectivity index (χ0n) is 12.9. The Bertz CT molecular complexity index is 578. The summed E-state index contributed by atoms with van der Waals surface area (Å²) in [6, 6.07) is -4.81. The molecule has 13 nitrogen and oxygen atoms in total. The summed E-state index contributed by atoms with van der Waals surface area (Å²) in [5.74, 6) is -7.19. The van der Waals surface area contributed by atoms with Crippen LogP contribution >= 0.6 is 0 Å². The summed E-state index contributed by atoms with van der Waals surface area (Å²) >= 11 is 0. The lowest BCUT2D eigenvalue weighted by Gasteiger charge is -2.21. The van der Waals surface area contributed by atoms with Crippen LogP contribution in [0.25, 0.3) is 0 Å². The van der Waals surface area contributed by atoms with Crippen molar-refractivity contribution in [1.29, 1.82) is 0 Å². The van der Waals surface area contributed by atoms with E-state index >= 15 is 0 Å². The van der Waals surface area contributed by atoms with Gasteiger partial charge in [-0.05, 0) is 0 Å². The van der Waals surface area contributed by atoms with Crippen LogP contribution in [0.2, 0.25) is 0 Å². The summed E-state index contributed by atoms with van der Waals surface area (Å²) in [6.45, 7) is 0. The number of hydrogen-bond acceptors (Lipinski definition) is 7. The molecule has 0 saturated heterocycles. The van der Waals surface area contributed by atoms with Crippen molar-refractivity contribution in [3.63, 3.8) is 0 Å². The number of carboxylic acids is 2. The summed E-state index contributed by atoms with van der Waals surface area (Å²) in [6.07, 6.45) is -2.17. The minimum absolute atomic E-state index is 0.534. The number of hydrogen-bond donors (Lipinski definition) is 7. The molecule has 0 aromatic carbocycles. The Kier molecular flexibility index (Phi) is 8.55. The molecule has 0 heterocycles. The summed E-state index contributed by atoms with van der Waals surface area (Å²) in [7, 11) is 0. The average molecular weight is 361 g/mol. The first-order valence-corrected chi connectivity index (χ1v) is 6.81. The van der Waals surface area contributed by atoms with Crippen molar-refractivity contribution >= 4 is 35.6 Å². The fourth-order valence-electron chi connectivity index (χ4n) is 1.65. The van der Waals surface area contributed by atoms with Crippen molar-refractivity contribution in [1.82, 2.24) is 10.6 Å². The molecule has 3 unspecified atom stereocenters. The highest BCUT2D eigenvalue weighted by molar-refractivity contribution is 5.96. The number of aliphatic carboxylic acids is 2. The van der Waals surface area contributed by atoms with Crippen LogP contribution in [0.1, 0.15) is 19.3 Å². The molecule has 0 aromatic rings. The number of carbonyl (C=O) groups excluding carboxylic acids is 4. The SMILES string of the molecule is NC(=O)CC(N)C(=O)NC(CC(N)=O)C(=O)NC(CC(=O)O)C(=O)O. The van der Waals surface area contributed by atoms with E-state index in [0.717, 1.165) is 0 Å². The van der Waals surface area contributed by atoms with Gasteiger partial charge in [0.05, 0.1) is 25.3 Å². The second kappa shape index (κ2) is 9.82. The summed E-state index contributed by atoms with van der Waals surface area (Å²) in [5.41, 5.74) is 15.2. The van der Waals surface area contributed by atoms with Gasteiger partial charge in [0.1, 0.15) is 12.1 Å². The second-order valence-corrected chi connectivity index (χ2v) is 5.01. The molecule has 13 heteroatoms. The third kappa shape index (κ3) is 8.85. The second-order valence-electron chi connectivity index (χ2n) is 5.01. The van der Waals surface area contributed by atoms with E-state index in [4.69, 9.17) is 27.4 Å². The minimum Gasteiger partial charge on any atom is -0.481 e. The largest absolute Gasteiger partial charge is 0.481 e. The number of nitrogens with two attached hydrogens (primary N) is 3. The number of primary amides is 2. The molecule has 0 bridgehead atoms. The van der Waals surface area contributed by atoms with Crippen LogP contribution in [0.4, 0.5) is 0 Å². The maximum absolute atomic E-state index is 12.0. The molecule has 0 aliphatic rings. The van der Waals surface area contributed by atoms with Crippen LogP contribution in [0.5, 0.6) is 0 Å². The zero-order valence-corrected chi connectivity index (χ0v) is 12.9. The van der Waals surface area contributed by atoms with Crippen LogP contribution < -0.4 is 27.8 Å². The highest BCUT2D eigenvalue weighted by Gasteiger charge is 2.30. The molecule has 3 atom stereocenters. The summed E-state index contributed by atoms with van der Waals surface area (Å²) < 4.78 is 0. The van der Waals surface area contributed by atoms with Gasteiger partial charge in [-0.3, -0.25) is 24.0 Å². The zero-order chi connectivity index (χ0) is 19.7. The Morgan fingerprint density at radius 3 is 1.64 bits per heavy atom. The monoisotopic (exact) mass is 361 g/mol. The summed E-state index contributed by atoms with van der Waals surface area (Å²) in [4.78, 5) is 67.1. The van der Waals surface area contributed by atoms with Gasteiger partial charge in [0.25, 0.3) is 0 Å². The fraction of sp³-hybridized carbons (Fsp3) is 0.500. The van der Waals surface area contributed by atoms with Crippen molar-refractivity contribution in [2.45, 2.75) is 37.4 Å². The Hall–Kier alpha value is -3.22. The van der Waals surface area contributed by atoms with Gasteiger partial charge < -0.3 is 38.0 Å². The van der Waals surface area contributed by atoms with Gasteiger partial charge >= 0.3 is 11.9 Å². The van der Waals surface area contributed by atoms with Gasteiger partial charge in [0, 0.05) is 0 Å². The molecule has 0 spiro atoms. The van der Waals surface area contributed by atoms with Gasteiger partial charge in [-0.2, -0.15) is 0 Å². The molecule has 140 valence electrons. The third-order valence-electron chi connectivity index (χ3n) is 2.79. The molecule has 0 aliphatic heterocycles. The number of carbonyl (C=O) groups is 6. The highest BCUT2D eigenvalue weighted by Crippen LogP contribution is 1.99. The fourth-order valence-corrected chi connectivity index (χ4v) is 1.65. The average Bonchev–Trinajstić information content (AvgIpc) is 2.43. The standard InChI is InChI=1S/C12H19N5O8/c13-4(1-7(14)18)10(22)16-5(2-8(15)19)11(23)17-6(12(24)25)3-9(20)21/h4-6H,1-3,13H2,(H2,14,18)(H2,15,19)(H,16,22)(H,17,23)(H,20,21)(H,24,25). The van der Waals surface area contributed by atoms with Gasteiger partial charge in [-0.1, -0.05) is 0 Å². The summed E-state index contributed by atoms with van der Waals surface area (Å²) in [5, 5.41) is 21.4. The van der Waals surface area contributed by atoms with Crippen molar-refractivity contribution in [2.75, 3.05) is 0 Å². The lowest BCUT2D eigenvalue weighted by molar-refractivity contribution is -0.147. The first-order valence-electron chi connectivity index (χ1n) is 6.81. The third-order valence-corrected chi connectivity index (χ3v) is 2.79. The van der Waals surface area contributed by atoms with Crippen molar-refractivity contribution < 1.29 is 39.0 Å². The van der Waals surface area contributed by atoms with E-state index in [1.807, 2.05) is 10.6 Å². The number of rotatable bonds is 11. The van der Waals surface area contributed by atoms with Crippen LogP contribution in [0.3, 0.4) is 0 Å². The van der Waals surface area contributed by atoms with Gasteiger partial charge in [0.2, 0.25) is 23.6 Å². The molecule has 0 aliphatic carbocycles. The number of amides is 4. The van der Waals surface area contributed by atoms with Gasteiger partial charge in [-0.15, -0.1) is 0 Å². The molecule has 4 amide bonds. The minimum atomic E-state index is -1.79. The quantitative estimate of drug-likeness (QED) is 0.187. The Morgan fingerprint density at radius 2 is 1.24 bits per heavy atom. The van der Waals surface area contributed by atoms with E-state index in [1.165, 1.54) is 0 Å². The van der Waals surface area contributed by atoms with Crippen molar-refractivity contribution in [2.24, 2.45) is 17.2 Å². The van der Waals surface area contributed by atoms with E-state index in [0.29, 0.717) is 0 Å². The lowest BCUT2D eigenvalue weighted by atomic mass is 10.1. The normalized spacial score (nSPS) is 13.8. The molecule has 0 fully saturated rings. The maximum Gasteiger partial charge on any atom is 0.326 e. The molecule has 10 N–H and O–H groups in total. The molecule has 0 aromatic heterocycles. The highest BCUT2D eigenvalue weighted by atomic mass is 16.4. The van der Waals surface area contributed by atoms with Crippen LogP contribution in [0.15, 0.2) is 0 Å². The van der Waals surface area contributed by atoms with Crippen LogP contribution in [-0.4, -0.2) is 63.9 Å². The van der Waals surface area contributed by atoms with Crippen molar-refractivity contribution in [3.05, 3.63) is 0 Å². The van der Waals surface area contributed by atoms with Crippen molar-refractivity contribution in [3.8, 4) is 0 Å². The Morgan fingerprint density at radius 1 is 0.760 bits per heavy atom. The lowest BCUT2D eigenvalue weighted by Crippen LogP contribution is -2.56. The molecule has 0 rings (SSSR count). The predicted molar refractivity (Wildman–Crippen MR) is 79.3 cm³/mol. The molecular formula is C12H19N5O8. The van der Waals surface area contributed by atoms with Gasteiger partial charge in [0.15, 0.2) is 0 Å². The first-order chi connectivity index (χ1) is 11.4. The first kappa shape index (κ1) is 21.8. The van der Waals surface area contributed by atoms with Gasteiger partial charge in [-0.25, -0.2) is 4.79 Å². The van der Waals surface area contributed by atoms with E-state index in [1.54, 1.807) is 0 Å². The smallest absolute Gasteiger partial charge is 0.326 e. The van der Waals surface area contributed by atoms with E-state index in [2.05, 4.69) is 0 Å². The Labute approximate surface area is 140 Å². The topological polar surface area (TPSA) is 245 Å². The van der Waals surface area contributed by atoms with E-state index < -0.39 is 73.0 Å². The van der Waals surface area contributed by atoms with Crippen LogP contribution in [0, 0.1) is 0 Å². The van der Waals surface area contributed by atoms with Crippen LogP contribution in [-0.2, 0) is 28.8 Å². The maximum atomic E-state index is 12.0. The Balaban J connectivity index is 5.11. The molecule has 0 saturated carbocycles. The molecular weight excluding hydrogens is 342 g/mol. The number of nitrogens with one attached hydrogen (secondary N) is 2. The molecule has 25 heavy (non-hydrogen) atoms. The van der Waals surface area contributed by atoms with E-state index in [-0.39, 0.29) is 0 Å². The predicted octanol–water partition coefficient (Wildman–Crippen LogP) is -4.41.